The molecule has 0 fully saturated rings. The first kappa shape index (κ1) is 40.3. The van der Waals surface area contributed by atoms with Gasteiger partial charge in [0.1, 0.15) is 11.2 Å². The Kier molecular flexibility index (Phi) is 23.2. The minimum Gasteiger partial charge on any atom is -0.444 e. The summed E-state index contributed by atoms with van der Waals surface area (Å²) in [6.07, 6.45) is 18.4. The lowest BCUT2D eigenvalue weighted by Crippen LogP contribution is -2.37. The van der Waals surface area contributed by atoms with Gasteiger partial charge in [-0.2, -0.15) is 0 Å². The van der Waals surface area contributed by atoms with Crippen molar-refractivity contribution >= 4 is 18.1 Å². The smallest absolute Gasteiger partial charge is 0.407 e. The highest BCUT2D eigenvalue weighted by atomic mass is 16.6. The van der Waals surface area contributed by atoms with Gasteiger partial charge >= 0.3 is 12.2 Å². The van der Waals surface area contributed by atoms with Gasteiger partial charge < -0.3 is 25.0 Å². The van der Waals surface area contributed by atoms with Crippen molar-refractivity contribution in [2.24, 2.45) is 0 Å². The number of nitrogens with zero attached hydrogens (tertiary/aromatic N) is 1. The van der Waals surface area contributed by atoms with E-state index in [4.69, 9.17) is 9.47 Å². The van der Waals surface area contributed by atoms with Crippen LogP contribution in [0.25, 0.3) is 0 Å². The van der Waals surface area contributed by atoms with Crippen LogP contribution < -0.4 is 10.6 Å². The molecule has 0 aliphatic rings. The molecule has 0 radical (unpaired) electrons. The van der Waals surface area contributed by atoms with E-state index in [0.29, 0.717) is 39.0 Å². The first-order valence-corrected chi connectivity index (χ1v) is 16.7. The largest absolute Gasteiger partial charge is 0.444 e. The molecular weight excluding hydrogens is 542 g/mol. The molecule has 0 saturated carbocycles. The normalized spacial score (nSPS) is 11.5. The number of amides is 3. The van der Waals surface area contributed by atoms with Crippen molar-refractivity contribution in [1.29, 1.82) is 0 Å². The third-order valence-corrected chi connectivity index (χ3v) is 6.37. The van der Waals surface area contributed by atoms with Crippen molar-refractivity contribution in [3.05, 3.63) is 12.2 Å². The summed E-state index contributed by atoms with van der Waals surface area (Å²) in [6.45, 7) is 15.3. The molecule has 248 valence electrons. The summed E-state index contributed by atoms with van der Waals surface area (Å²) in [5.74, 6) is 6.51. The van der Waals surface area contributed by atoms with Gasteiger partial charge in [0.2, 0.25) is 5.91 Å². The van der Waals surface area contributed by atoms with Crippen LogP contribution in [0.15, 0.2) is 12.2 Å². The van der Waals surface area contributed by atoms with Gasteiger partial charge in [-0.1, -0.05) is 63.4 Å². The predicted octanol–water partition coefficient (Wildman–Crippen LogP) is 8.30. The second-order valence-corrected chi connectivity index (χ2v) is 13.1. The van der Waals surface area contributed by atoms with Gasteiger partial charge in [-0.05, 0) is 92.6 Å². The van der Waals surface area contributed by atoms with Crippen molar-refractivity contribution in [2.75, 3.05) is 26.2 Å². The fourth-order valence-corrected chi connectivity index (χ4v) is 4.21. The number of rotatable bonds is 21. The molecule has 0 atom stereocenters. The zero-order valence-corrected chi connectivity index (χ0v) is 28.6. The zero-order chi connectivity index (χ0) is 32.4. The third-order valence-electron chi connectivity index (χ3n) is 6.37. The predicted molar refractivity (Wildman–Crippen MR) is 177 cm³/mol. The van der Waals surface area contributed by atoms with Crippen LogP contribution in [0, 0.1) is 11.8 Å². The Morgan fingerprint density at radius 3 is 1.88 bits per heavy atom. The maximum Gasteiger partial charge on any atom is 0.407 e. The van der Waals surface area contributed by atoms with E-state index in [1.807, 2.05) is 52.5 Å². The van der Waals surface area contributed by atoms with E-state index in [1.54, 1.807) is 0 Å². The highest BCUT2D eigenvalue weighted by Crippen LogP contribution is 2.11. The molecule has 0 heterocycles. The van der Waals surface area contributed by atoms with E-state index in [-0.39, 0.29) is 5.91 Å². The lowest BCUT2D eigenvalue weighted by Gasteiger charge is -2.24. The van der Waals surface area contributed by atoms with Crippen molar-refractivity contribution in [1.82, 2.24) is 15.5 Å². The molecule has 8 heteroatoms. The highest BCUT2D eigenvalue weighted by Gasteiger charge is 2.17. The van der Waals surface area contributed by atoms with E-state index in [1.165, 1.54) is 25.7 Å². The van der Waals surface area contributed by atoms with Crippen LogP contribution in [0.2, 0.25) is 0 Å². The zero-order valence-electron chi connectivity index (χ0n) is 28.6. The van der Waals surface area contributed by atoms with Crippen molar-refractivity contribution in [3.8, 4) is 11.8 Å². The van der Waals surface area contributed by atoms with E-state index in [0.717, 1.165) is 57.8 Å². The molecule has 2 N–H and O–H groups in total. The summed E-state index contributed by atoms with van der Waals surface area (Å²) in [7, 11) is 0. The molecule has 0 aromatic rings. The van der Waals surface area contributed by atoms with Crippen LogP contribution in [0.3, 0.4) is 0 Å². The summed E-state index contributed by atoms with van der Waals surface area (Å²) in [5.41, 5.74) is -1.07. The minimum atomic E-state index is -0.544. The van der Waals surface area contributed by atoms with Gasteiger partial charge in [-0.3, -0.25) is 4.79 Å². The molecule has 0 aliphatic heterocycles. The van der Waals surface area contributed by atoms with Crippen LogP contribution >= 0.6 is 0 Å². The van der Waals surface area contributed by atoms with Crippen molar-refractivity contribution < 1.29 is 23.9 Å². The summed E-state index contributed by atoms with van der Waals surface area (Å²) < 4.78 is 10.6. The van der Waals surface area contributed by atoms with E-state index < -0.39 is 23.4 Å². The molecule has 0 spiro atoms. The van der Waals surface area contributed by atoms with E-state index >= 15 is 0 Å². The fraction of sp³-hybridized carbons (Fsp3) is 0.800. The Bertz CT molecular complexity index is 846. The minimum absolute atomic E-state index is 0.147. The van der Waals surface area contributed by atoms with Crippen molar-refractivity contribution in [3.63, 3.8) is 0 Å². The number of ether oxygens (including phenoxy) is 2. The number of hydrogen-bond donors (Lipinski definition) is 2. The fourth-order valence-electron chi connectivity index (χ4n) is 4.21. The van der Waals surface area contributed by atoms with Crippen LogP contribution in [0.4, 0.5) is 9.59 Å². The van der Waals surface area contributed by atoms with Crippen LogP contribution in [0.1, 0.15) is 145 Å². The van der Waals surface area contributed by atoms with Crippen LogP contribution in [-0.2, 0) is 14.3 Å². The SMILES string of the molecule is CCCCCCC#C/C=C\CCCCCCCC(=O)N(CCCCNC(=O)OC(C)(C)C)CCCNC(=O)OC(C)(C)C. The number of hydrogen-bond acceptors (Lipinski definition) is 5. The Hall–Kier alpha value is -2.69. The Morgan fingerprint density at radius 1 is 0.698 bits per heavy atom. The standard InChI is InChI=1S/C35H63N3O5/c1-8-9-10-11-12-13-14-15-16-17-18-19-20-21-22-26-31(39)38(30-25-28-37-33(41)43-35(5,6)7)29-24-23-27-36-32(40)42-34(2,3)4/h15-16H,8-12,17-30H2,1-7H3,(H,36,40)(H,37,41)/b16-15-. The molecule has 0 rings (SSSR count). The summed E-state index contributed by atoms with van der Waals surface area (Å²) in [5, 5.41) is 5.54. The number of carbonyl (C=O) groups excluding carboxylic acids is 3. The second-order valence-electron chi connectivity index (χ2n) is 13.1. The monoisotopic (exact) mass is 605 g/mol. The Morgan fingerprint density at radius 2 is 1.26 bits per heavy atom. The molecule has 0 aromatic carbocycles. The molecule has 43 heavy (non-hydrogen) atoms. The first-order valence-electron chi connectivity index (χ1n) is 16.7. The van der Waals surface area contributed by atoms with Gasteiger partial charge in [0, 0.05) is 39.0 Å². The number of carbonyl (C=O) groups is 3. The maximum atomic E-state index is 13.0. The number of nitrogens with one attached hydrogen (secondary N) is 2. The first-order chi connectivity index (χ1) is 20.3. The van der Waals surface area contributed by atoms with Gasteiger partial charge in [0.05, 0.1) is 0 Å². The average Bonchev–Trinajstić information content (AvgIpc) is 2.89. The molecule has 0 saturated heterocycles. The summed E-state index contributed by atoms with van der Waals surface area (Å²) >= 11 is 0. The highest BCUT2D eigenvalue weighted by molar-refractivity contribution is 5.76. The van der Waals surface area contributed by atoms with Crippen LogP contribution in [0.5, 0.6) is 0 Å². The summed E-state index contributed by atoms with van der Waals surface area (Å²) in [6, 6.07) is 0. The quantitative estimate of drug-likeness (QED) is 0.101. The third kappa shape index (κ3) is 29.2. The molecule has 0 aromatic heterocycles. The number of allylic oxidation sites excluding steroid dienone is 2. The van der Waals surface area contributed by atoms with Gasteiger partial charge in [0.25, 0.3) is 0 Å². The molecule has 3 amide bonds. The van der Waals surface area contributed by atoms with Crippen molar-refractivity contribution in [2.45, 2.75) is 156 Å². The Labute approximate surface area is 263 Å². The Balaban J connectivity index is 4.36. The molecular formula is C35H63N3O5. The van der Waals surface area contributed by atoms with E-state index in [2.05, 4.69) is 35.5 Å². The molecule has 8 nitrogen and oxygen atoms in total. The second kappa shape index (κ2) is 24.7. The van der Waals surface area contributed by atoms with Crippen LogP contribution in [-0.4, -0.2) is 60.4 Å². The number of unbranched alkanes of at least 4 members (excludes halogenated alkanes) is 10. The summed E-state index contributed by atoms with van der Waals surface area (Å²) in [4.78, 5) is 38.7. The van der Waals surface area contributed by atoms with Gasteiger partial charge in [-0.25, -0.2) is 9.59 Å². The molecule has 0 bridgehead atoms. The lowest BCUT2D eigenvalue weighted by atomic mass is 10.1. The number of alkyl carbamates (subject to hydrolysis) is 2. The topological polar surface area (TPSA) is 97.0 Å². The molecule has 0 aliphatic carbocycles. The molecule has 0 unspecified atom stereocenters. The lowest BCUT2D eigenvalue weighted by molar-refractivity contribution is -0.131. The van der Waals surface area contributed by atoms with E-state index in [9.17, 15) is 14.4 Å². The average molecular weight is 606 g/mol. The maximum absolute atomic E-state index is 13.0. The van der Waals surface area contributed by atoms with Gasteiger partial charge in [0.15, 0.2) is 0 Å². The van der Waals surface area contributed by atoms with Gasteiger partial charge in [-0.15, -0.1) is 0 Å².